The molecule has 126 valence electrons. The number of carbonyl (C=O) groups is 2. The van der Waals surface area contributed by atoms with Crippen LogP contribution in [-0.2, 0) is 9.47 Å². The van der Waals surface area contributed by atoms with Crippen LogP contribution >= 0.6 is 0 Å². The summed E-state index contributed by atoms with van der Waals surface area (Å²) in [5, 5.41) is 11.1. The third kappa shape index (κ3) is 2.96. The summed E-state index contributed by atoms with van der Waals surface area (Å²) in [5.41, 5.74) is 0.527. The summed E-state index contributed by atoms with van der Waals surface area (Å²) in [6.45, 7) is 1.68. The lowest BCUT2D eigenvalue weighted by molar-refractivity contribution is -0.0377. The molecular formula is C17H17NO6. The van der Waals surface area contributed by atoms with Crippen LogP contribution in [0.1, 0.15) is 20.7 Å². The topological polar surface area (TPSA) is 85.3 Å². The highest BCUT2D eigenvalue weighted by molar-refractivity contribution is 6.24. The first-order chi connectivity index (χ1) is 11.6. The van der Waals surface area contributed by atoms with E-state index < -0.39 is 11.8 Å². The zero-order valence-electron chi connectivity index (χ0n) is 13.2. The Morgan fingerprint density at radius 3 is 2.54 bits per heavy atom. The van der Waals surface area contributed by atoms with E-state index in [9.17, 15) is 14.8 Å². The second kappa shape index (κ2) is 6.96. The SMILES string of the molecule is COCCOCCOc1cc2c3c(cccc3c1)C(=O)N(O)C2=O. The van der Waals surface area contributed by atoms with Crippen molar-refractivity contribution in [1.82, 2.24) is 5.06 Å². The van der Waals surface area contributed by atoms with E-state index in [4.69, 9.17) is 14.2 Å². The fourth-order valence-corrected chi connectivity index (χ4v) is 2.61. The van der Waals surface area contributed by atoms with Crippen molar-refractivity contribution in [3.8, 4) is 5.75 Å². The van der Waals surface area contributed by atoms with Crippen molar-refractivity contribution in [3.05, 3.63) is 41.5 Å². The lowest BCUT2D eigenvalue weighted by atomic mass is 9.95. The molecule has 24 heavy (non-hydrogen) atoms. The minimum Gasteiger partial charge on any atom is -0.491 e. The van der Waals surface area contributed by atoms with Gasteiger partial charge < -0.3 is 14.2 Å². The fourth-order valence-electron chi connectivity index (χ4n) is 2.61. The van der Waals surface area contributed by atoms with E-state index in [0.29, 0.717) is 48.5 Å². The number of hydrogen-bond donors (Lipinski definition) is 1. The van der Waals surface area contributed by atoms with E-state index in [2.05, 4.69) is 0 Å². The van der Waals surface area contributed by atoms with Crippen LogP contribution in [0.25, 0.3) is 10.8 Å². The van der Waals surface area contributed by atoms with Crippen LogP contribution in [0.3, 0.4) is 0 Å². The second-order valence-electron chi connectivity index (χ2n) is 5.25. The molecule has 0 saturated heterocycles. The number of methoxy groups -OCH3 is 1. The van der Waals surface area contributed by atoms with Gasteiger partial charge in [0.05, 0.1) is 30.9 Å². The van der Waals surface area contributed by atoms with Crippen LogP contribution in [0.4, 0.5) is 0 Å². The third-order valence-electron chi connectivity index (χ3n) is 3.72. The zero-order valence-corrected chi connectivity index (χ0v) is 13.2. The Balaban J connectivity index is 1.83. The first kappa shape index (κ1) is 16.4. The lowest BCUT2D eigenvalue weighted by Gasteiger charge is -2.22. The van der Waals surface area contributed by atoms with E-state index in [1.165, 1.54) is 6.07 Å². The normalized spacial score (nSPS) is 13.7. The minimum absolute atomic E-state index is 0.134. The Morgan fingerprint density at radius 2 is 1.75 bits per heavy atom. The van der Waals surface area contributed by atoms with Crippen LogP contribution in [0, 0.1) is 0 Å². The number of rotatable bonds is 7. The highest BCUT2D eigenvalue weighted by atomic mass is 16.5. The Kier molecular flexibility index (Phi) is 4.75. The van der Waals surface area contributed by atoms with Crippen molar-refractivity contribution >= 4 is 22.6 Å². The number of imide groups is 1. The van der Waals surface area contributed by atoms with Crippen LogP contribution in [0.2, 0.25) is 0 Å². The van der Waals surface area contributed by atoms with Gasteiger partial charge in [-0.25, -0.2) is 0 Å². The van der Waals surface area contributed by atoms with Gasteiger partial charge >= 0.3 is 0 Å². The van der Waals surface area contributed by atoms with Gasteiger partial charge in [-0.15, -0.1) is 5.06 Å². The monoisotopic (exact) mass is 331 g/mol. The molecule has 1 aliphatic rings. The Labute approximate surface area is 138 Å². The van der Waals surface area contributed by atoms with Gasteiger partial charge in [0, 0.05) is 12.5 Å². The van der Waals surface area contributed by atoms with E-state index >= 15 is 0 Å². The molecule has 0 fully saturated rings. The smallest absolute Gasteiger partial charge is 0.285 e. The van der Waals surface area contributed by atoms with Crippen molar-refractivity contribution in [2.75, 3.05) is 33.5 Å². The zero-order chi connectivity index (χ0) is 17.1. The molecule has 2 aromatic carbocycles. The quantitative estimate of drug-likeness (QED) is 0.473. The molecule has 0 atom stereocenters. The predicted molar refractivity (Wildman–Crippen MR) is 84.4 cm³/mol. The molecule has 1 heterocycles. The number of benzene rings is 2. The van der Waals surface area contributed by atoms with Gasteiger partial charge in [-0.2, -0.15) is 0 Å². The van der Waals surface area contributed by atoms with Gasteiger partial charge in [0.25, 0.3) is 11.8 Å². The van der Waals surface area contributed by atoms with Gasteiger partial charge in [-0.05, 0) is 23.6 Å². The van der Waals surface area contributed by atoms with Gasteiger partial charge in [-0.1, -0.05) is 12.1 Å². The summed E-state index contributed by atoms with van der Waals surface area (Å²) in [7, 11) is 1.60. The average Bonchev–Trinajstić information content (AvgIpc) is 2.60. The molecule has 2 amide bonds. The van der Waals surface area contributed by atoms with Crippen molar-refractivity contribution in [3.63, 3.8) is 0 Å². The molecule has 2 aromatic rings. The Morgan fingerprint density at radius 1 is 1.00 bits per heavy atom. The number of hydroxylamine groups is 2. The van der Waals surface area contributed by atoms with Crippen molar-refractivity contribution in [2.45, 2.75) is 0 Å². The molecule has 7 nitrogen and oxygen atoms in total. The number of ether oxygens (including phenoxy) is 3. The standard InChI is InChI=1S/C17H17NO6/c1-22-5-6-23-7-8-24-12-9-11-3-2-4-13-15(11)14(10-12)17(20)18(21)16(13)19/h2-4,9-10,21H,5-8H2,1H3. The molecule has 3 rings (SSSR count). The van der Waals surface area contributed by atoms with Crippen molar-refractivity contribution in [2.24, 2.45) is 0 Å². The molecule has 0 radical (unpaired) electrons. The van der Waals surface area contributed by atoms with Crippen molar-refractivity contribution in [1.29, 1.82) is 0 Å². The van der Waals surface area contributed by atoms with E-state index in [-0.39, 0.29) is 10.6 Å². The Bertz CT molecular complexity index is 788. The molecule has 0 aliphatic carbocycles. The number of amides is 2. The van der Waals surface area contributed by atoms with Crippen LogP contribution in [0.15, 0.2) is 30.3 Å². The lowest BCUT2D eigenvalue weighted by Crippen LogP contribution is -2.37. The number of nitrogens with zero attached hydrogens (tertiary/aromatic N) is 1. The molecular weight excluding hydrogens is 314 g/mol. The predicted octanol–water partition coefficient (Wildman–Crippen LogP) is 1.87. The van der Waals surface area contributed by atoms with E-state index in [0.717, 1.165) is 0 Å². The van der Waals surface area contributed by atoms with Gasteiger partial charge in [0.2, 0.25) is 0 Å². The molecule has 0 unspecified atom stereocenters. The van der Waals surface area contributed by atoms with Crippen molar-refractivity contribution < 1.29 is 29.0 Å². The summed E-state index contributed by atoms with van der Waals surface area (Å²) < 4.78 is 15.8. The maximum atomic E-state index is 12.2. The largest absolute Gasteiger partial charge is 0.491 e. The van der Waals surface area contributed by atoms with Crippen LogP contribution in [0.5, 0.6) is 5.75 Å². The van der Waals surface area contributed by atoms with E-state index in [1.54, 1.807) is 31.4 Å². The number of hydrogen-bond acceptors (Lipinski definition) is 6. The molecule has 0 spiro atoms. The molecule has 0 bridgehead atoms. The molecule has 1 aliphatic heterocycles. The summed E-state index contributed by atoms with van der Waals surface area (Å²) in [5.74, 6) is -1.01. The van der Waals surface area contributed by atoms with Crippen LogP contribution in [-0.4, -0.2) is 55.6 Å². The first-order valence-electron chi connectivity index (χ1n) is 7.47. The summed E-state index contributed by atoms with van der Waals surface area (Å²) >= 11 is 0. The molecule has 7 heteroatoms. The molecule has 1 N–H and O–H groups in total. The van der Waals surface area contributed by atoms with Gasteiger partial charge in [0.15, 0.2) is 0 Å². The molecule has 0 aromatic heterocycles. The average molecular weight is 331 g/mol. The number of carbonyl (C=O) groups excluding carboxylic acids is 2. The fraction of sp³-hybridized carbons (Fsp3) is 0.294. The highest BCUT2D eigenvalue weighted by Gasteiger charge is 2.32. The first-order valence-corrected chi connectivity index (χ1v) is 7.47. The Hall–Kier alpha value is -2.48. The highest BCUT2D eigenvalue weighted by Crippen LogP contribution is 2.32. The maximum Gasteiger partial charge on any atom is 0.285 e. The summed E-state index contributed by atoms with van der Waals surface area (Å²) in [4.78, 5) is 24.2. The summed E-state index contributed by atoms with van der Waals surface area (Å²) in [6, 6.07) is 8.34. The maximum absolute atomic E-state index is 12.2. The van der Waals surface area contributed by atoms with Crippen LogP contribution < -0.4 is 4.74 Å². The van der Waals surface area contributed by atoms with E-state index in [1.807, 2.05) is 0 Å². The van der Waals surface area contributed by atoms with Gasteiger partial charge in [-0.3, -0.25) is 14.8 Å². The minimum atomic E-state index is -0.759. The summed E-state index contributed by atoms with van der Waals surface area (Å²) in [6.07, 6.45) is 0. The van der Waals surface area contributed by atoms with Gasteiger partial charge in [0.1, 0.15) is 12.4 Å². The second-order valence-corrected chi connectivity index (χ2v) is 5.25. The third-order valence-corrected chi connectivity index (χ3v) is 3.72. The molecule has 0 saturated carbocycles.